The Hall–Kier alpha value is -2.06. The highest BCUT2D eigenvalue weighted by Crippen LogP contribution is 2.23. The van der Waals surface area contributed by atoms with E-state index in [1.807, 2.05) is 0 Å². The smallest absolute Gasteiger partial charge is 0.223 e. The van der Waals surface area contributed by atoms with Gasteiger partial charge in [0.15, 0.2) is 11.6 Å². The minimum Gasteiger partial charge on any atom is -0.382 e. The van der Waals surface area contributed by atoms with Crippen LogP contribution in [0.5, 0.6) is 0 Å². The van der Waals surface area contributed by atoms with E-state index in [4.69, 9.17) is 9.47 Å². The van der Waals surface area contributed by atoms with Crippen LogP contribution in [0, 0.1) is 11.6 Å². The number of amides is 2. The molecule has 25 heavy (non-hydrogen) atoms. The average Bonchev–Trinajstić information content (AvgIpc) is 2.56. The predicted molar refractivity (Wildman–Crippen MR) is 85.6 cm³/mol. The zero-order chi connectivity index (χ0) is 18.4. The average molecular weight is 356 g/mol. The number of hydrogen-bond acceptors (Lipinski definition) is 4. The Morgan fingerprint density at radius 2 is 2.16 bits per heavy atom. The topological polar surface area (TPSA) is 67.9 Å². The molecule has 0 bridgehead atoms. The SMILES string of the molecule is COCC1(CC(=O)NCc2cccc(F)c2F)CN(C(C)=O)CCO1. The van der Waals surface area contributed by atoms with E-state index in [9.17, 15) is 18.4 Å². The number of nitrogens with one attached hydrogen (secondary N) is 1. The van der Waals surface area contributed by atoms with Crippen molar-refractivity contribution in [3.05, 3.63) is 35.4 Å². The first-order valence-corrected chi connectivity index (χ1v) is 7.95. The van der Waals surface area contributed by atoms with Gasteiger partial charge in [0.05, 0.1) is 26.2 Å². The van der Waals surface area contributed by atoms with Gasteiger partial charge in [-0.3, -0.25) is 9.59 Å². The van der Waals surface area contributed by atoms with E-state index in [2.05, 4.69) is 5.32 Å². The third kappa shape index (κ3) is 4.96. The third-order valence-electron chi connectivity index (χ3n) is 4.09. The van der Waals surface area contributed by atoms with Crippen molar-refractivity contribution in [3.8, 4) is 0 Å². The molecule has 1 aromatic carbocycles. The molecule has 0 spiro atoms. The molecule has 0 aliphatic carbocycles. The fourth-order valence-corrected chi connectivity index (χ4v) is 2.86. The molecule has 138 valence electrons. The number of methoxy groups -OCH3 is 1. The third-order valence-corrected chi connectivity index (χ3v) is 4.09. The Morgan fingerprint density at radius 3 is 2.84 bits per heavy atom. The first-order valence-electron chi connectivity index (χ1n) is 7.95. The maximum absolute atomic E-state index is 13.6. The summed E-state index contributed by atoms with van der Waals surface area (Å²) in [4.78, 5) is 25.5. The number of ether oxygens (including phenoxy) is 2. The molecule has 2 rings (SSSR count). The summed E-state index contributed by atoms with van der Waals surface area (Å²) in [5.74, 6) is -2.45. The number of morpholine rings is 1. The van der Waals surface area contributed by atoms with Gasteiger partial charge in [-0.1, -0.05) is 12.1 Å². The monoisotopic (exact) mass is 356 g/mol. The van der Waals surface area contributed by atoms with E-state index in [0.717, 1.165) is 6.07 Å². The second kappa shape index (κ2) is 8.35. The number of benzene rings is 1. The summed E-state index contributed by atoms with van der Waals surface area (Å²) in [5, 5.41) is 2.56. The summed E-state index contributed by atoms with van der Waals surface area (Å²) < 4.78 is 37.7. The highest BCUT2D eigenvalue weighted by atomic mass is 19.2. The van der Waals surface area contributed by atoms with Crippen molar-refractivity contribution in [2.75, 3.05) is 33.4 Å². The molecule has 1 N–H and O–H groups in total. The Balaban J connectivity index is 2.00. The van der Waals surface area contributed by atoms with Gasteiger partial charge in [-0.15, -0.1) is 0 Å². The predicted octanol–water partition coefficient (Wildman–Crippen LogP) is 1.23. The van der Waals surface area contributed by atoms with Gasteiger partial charge in [0, 0.05) is 32.7 Å². The maximum atomic E-state index is 13.6. The van der Waals surface area contributed by atoms with E-state index < -0.39 is 23.1 Å². The van der Waals surface area contributed by atoms with E-state index in [1.54, 1.807) is 4.90 Å². The second-order valence-corrected chi connectivity index (χ2v) is 6.07. The van der Waals surface area contributed by atoms with E-state index in [1.165, 1.54) is 26.2 Å². The molecule has 0 saturated carbocycles. The van der Waals surface area contributed by atoms with Crippen LogP contribution in [0.2, 0.25) is 0 Å². The molecule has 8 heteroatoms. The number of halogens is 2. The standard InChI is InChI=1S/C17H22F2N2O4/c1-12(22)21-6-7-25-17(10-21,11-24-2)8-15(23)20-9-13-4-3-5-14(18)16(13)19/h3-5H,6-11H2,1-2H3,(H,20,23). The van der Waals surface area contributed by atoms with Crippen LogP contribution in [0.15, 0.2) is 18.2 Å². The Kier molecular flexibility index (Phi) is 6.44. The molecular weight excluding hydrogens is 334 g/mol. The maximum Gasteiger partial charge on any atom is 0.223 e. The molecule has 1 saturated heterocycles. The number of hydrogen-bond donors (Lipinski definition) is 1. The van der Waals surface area contributed by atoms with Crippen molar-refractivity contribution in [2.24, 2.45) is 0 Å². The highest BCUT2D eigenvalue weighted by Gasteiger charge is 2.39. The number of carbonyl (C=O) groups is 2. The summed E-state index contributed by atoms with van der Waals surface area (Å²) in [7, 11) is 1.48. The summed E-state index contributed by atoms with van der Waals surface area (Å²) in [6, 6.07) is 3.79. The molecule has 1 atom stereocenters. The molecule has 6 nitrogen and oxygen atoms in total. The first kappa shape index (κ1) is 19.3. The molecule has 1 unspecified atom stereocenters. The zero-order valence-electron chi connectivity index (χ0n) is 14.3. The van der Waals surface area contributed by atoms with E-state index in [-0.39, 0.29) is 37.6 Å². The van der Waals surface area contributed by atoms with Crippen molar-refractivity contribution in [3.63, 3.8) is 0 Å². The van der Waals surface area contributed by atoms with Gasteiger partial charge in [-0.25, -0.2) is 8.78 Å². The van der Waals surface area contributed by atoms with Crippen LogP contribution in [0.25, 0.3) is 0 Å². The van der Waals surface area contributed by atoms with Crippen molar-refractivity contribution >= 4 is 11.8 Å². The van der Waals surface area contributed by atoms with Crippen LogP contribution in [0.3, 0.4) is 0 Å². The number of nitrogens with zero attached hydrogens (tertiary/aromatic N) is 1. The quantitative estimate of drug-likeness (QED) is 0.833. The lowest BCUT2D eigenvalue weighted by atomic mass is 9.97. The lowest BCUT2D eigenvalue weighted by Crippen LogP contribution is -2.57. The molecule has 1 heterocycles. The zero-order valence-corrected chi connectivity index (χ0v) is 14.3. The van der Waals surface area contributed by atoms with Crippen LogP contribution in [-0.4, -0.2) is 55.7 Å². The summed E-state index contributed by atoms with van der Waals surface area (Å²) in [6.45, 7) is 2.44. The molecule has 1 aliphatic rings. The fraction of sp³-hybridized carbons (Fsp3) is 0.529. The second-order valence-electron chi connectivity index (χ2n) is 6.07. The van der Waals surface area contributed by atoms with Gasteiger partial charge in [0.2, 0.25) is 11.8 Å². The molecule has 2 amide bonds. The Morgan fingerprint density at radius 1 is 1.40 bits per heavy atom. The Labute approximate surface area is 145 Å². The molecule has 1 aromatic rings. The number of rotatable bonds is 6. The summed E-state index contributed by atoms with van der Waals surface area (Å²) >= 11 is 0. The lowest BCUT2D eigenvalue weighted by Gasteiger charge is -2.41. The van der Waals surface area contributed by atoms with Gasteiger partial charge in [-0.2, -0.15) is 0 Å². The fourth-order valence-electron chi connectivity index (χ4n) is 2.86. The van der Waals surface area contributed by atoms with Crippen LogP contribution >= 0.6 is 0 Å². The minimum atomic E-state index is -0.980. The minimum absolute atomic E-state index is 0.0540. The van der Waals surface area contributed by atoms with Crippen LogP contribution in [-0.2, 0) is 25.6 Å². The van der Waals surface area contributed by atoms with Gasteiger partial charge in [-0.05, 0) is 6.07 Å². The number of carbonyl (C=O) groups excluding carboxylic acids is 2. The van der Waals surface area contributed by atoms with Crippen LogP contribution in [0.1, 0.15) is 18.9 Å². The molecule has 1 aliphatic heterocycles. The van der Waals surface area contributed by atoms with Crippen molar-refractivity contribution in [1.29, 1.82) is 0 Å². The van der Waals surface area contributed by atoms with Gasteiger partial charge >= 0.3 is 0 Å². The van der Waals surface area contributed by atoms with Gasteiger partial charge in [0.25, 0.3) is 0 Å². The van der Waals surface area contributed by atoms with E-state index >= 15 is 0 Å². The van der Waals surface area contributed by atoms with Crippen LogP contribution < -0.4 is 5.32 Å². The normalized spacial score (nSPS) is 20.4. The van der Waals surface area contributed by atoms with Crippen LogP contribution in [0.4, 0.5) is 8.78 Å². The molecular formula is C17H22F2N2O4. The van der Waals surface area contributed by atoms with E-state index in [0.29, 0.717) is 13.2 Å². The summed E-state index contributed by atoms with van der Waals surface area (Å²) in [6.07, 6.45) is -0.0540. The van der Waals surface area contributed by atoms with Crippen molar-refractivity contribution in [2.45, 2.75) is 25.5 Å². The van der Waals surface area contributed by atoms with Crippen molar-refractivity contribution in [1.82, 2.24) is 10.2 Å². The molecule has 0 aromatic heterocycles. The van der Waals surface area contributed by atoms with Gasteiger partial charge in [0.1, 0.15) is 5.60 Å². The summed E-state index contributed by atoms with van der Waals surface area (Å²) in [5.41, 5.74) is -0.896. The Bertz CT molecular complexity index is 637. The lowest BCUT2D eigenvalue weighted by molar-refractivity contribution is -0.165. The highest BCUT2D eigenvalue weighted by molar-refractivity contribution is 5.78. The largest absolute Gasteiger partial charge is 0.382 e. The van der Waals surface area contributed by atoms with Gasteiger partial charge < -0.3 is 19.7 Å². The molecule has 0 radical (unpaired) electrons. The van der Waals surface area contributed by atoms with Crippen molar-refractivity contribution < 1.29 is 27.8 Å². The first-order chi connectivity index (χ1) is 11.9. The molecule has 1 fully saturated rings.